The van der Waals surface area contributed by atoms with Crippen molar-refractivity contribution in [1.29, 1.82) is 0 Å². The second-order valence-corrected chi connectivity index (χ2v) is 7.94. The number of carbonyl (C=O) groups excluding carboxylic acids is 1. The van der Waals surface area contributed by atoms with Crippen molar-refractivity contribution in [3.63, 3.8) is 0 Å². The van der Waals surface area contributed by atoms with Gasteiger partial charge in [-0.1, -0.05) is 23.4 Å². The lowest BCUT2D eigenvalue weighted by Crippen LogP contribution is -2.42. The smallest absolute Gasteiger partial charge is 0.381 e. The van der Waals surface area contributed by atoms with Crippen LogP contribution in [-0.4, -0.2) is 40.5 Å². The van der Waals surface area contributed by atoms with E-state index in [1.807, 2.05) is 0 Å². The Morgan fingerprint density at radius 1 is 1.32 bits per heavy atom. The summed E-state index contributed by atoms with van der Waals surface area (Å²) in [5, 5.41) is 4.87. The van der Waals surface area contributed by atoms with Crippen LogP contribution in [-0.2, 0) is 9.53 Å². The van der Waals surface area contributed by atoms with Gasteiger partial charge in [0, 0.05) is 30.2 Å². The van der Waals surface area contributed by atoms with Crippen LogP contribution >= 0.6 is 23.4 Å². The standard InChI is InChI=1S/C17H16ClF3N4O2S/c18-11-6-12-9(7-24(23-12)10-1-3-27-4-2-10)5-13(11)25-14(17(19,20)21)8-28-16(25)15(22)26/h5-8,10,16H,1-4H2,(H2,22,26). The van der Waals surface area contributed by atoms with E-state index in [-0.39, 0.29) is 16.8 Å². The summed E-state index contributed by atoms with van der Waals surface area (Å²) in [5.74, 6) is -0.880. The fourth-order valence-electron chi connectivity index (χ4n) is 3.40. The second kappa shape index (κ2) is 7.16. The molecule has 1 saturated heterocycles. The Balaban J connectivity index is 1.77. The number of primary amides is 1. The third kappa shape index (κ3) is 3.44. The van der Waals surface area contributed by atoms with Gasteiger partial charge in [0.1, 0.15) is 5.70 Å². The van der Waals surface area contributed by atoms with E-state index >= 15 is 0 Å². The summed E-state index contributed by atoms with van der Waals surface area (Å²) in [5.41, 5.74) is 4.99. The highest BCUT2D eigenvalue weighted by atomic mass is 35.5. The highest BCUT2D eigenvalue weighted by Gasteiger charge is 2.46. The third-order valence-corrected chi connectivity index (χ3v) is 6.11. The molecular formula is C17H16ClF3N4O2S. The van der Waals surface area contributed by atoms with Gasteiger partial charge in [-0.3, -0.25) is 9.48 Å². The number of amides is 1. The van der Waals surface area contributed by atoms with E-state index in [4.69, 9.17) is 22.1 Å². The maximum atomic E-state index is 13.5. The van der Waals surface area contributed by atoms with Crippen molar-refractivity contribution in [3.05, 3.63) is 34.5 Å². The van der Waals surface area contributed by atoms with Crippen molar-refractivity contribution in [2.45, 2.75) is 30.4 Å². The highest BCUT2D eigenvalue weighted by Crippen LogP contribution is 2.46. The molecule has 0 aliphatic carbocycles. The average molecular weight is 433 g/mol. The fourth-order valence-corrected chi connectivity index (χ4v) is 4.64. The molecule has 0 bridgehead atoms. The molecule has 1 atom stereocenters. The molecule has 1 aromatic carbocycles. The van der Waals surface area contributed by atoms with Gasteiger partial charge in [0.05, 0.1) is 22.3 Å². The van der Waals surface area contributed by atoms with Crippen LogP contribution in [0, 0.1) is 0 Å². The summed E-state index contributed by atoms with van der Waals surface area (Å²) >= 11 is 7.00. The van der Waals surface area contributed by atoms with E-state index in [1.165, 1.54) is 12.1 Å². The van der Waals surface area contributed by atoms with E-state index in [9.17, 15) is 18.0 Å². The largest absolute Gasteiger partial charge is 0.432 e. The number of hydrogen-bond acceptors (Lipinski definition) is 5. The van der Waals surface area contributed by atoms with Gasteiger partial charge in [0.25, 0.3) is 5.91 Å². The minimum Gasteiger partial charge on any atom is -0.381 e. The topological polar surface area (TPSA) is 73.4 Å². The number of thioether (sulfide) groups is 1. The first-order valence-electron chi connectivity index (χ1n) is 8.53. The molecule has 0 radical (unpaired) electrons. The van der Waals surface area contributed by atoms with Gasteiger partial charge in [-0.05, 0) is 25.0 Å². The number of carbonyl (C=O) groups is 1. The monoisotopic (exact) mass is 432 g/mol. The van der Waals surface area contributed by atoms with Crippen LogP contribution in [0.3, 0.4) is 0 Å². The molecule has 0 spiro atoms. The lowest BCUT2D eigenvalue weighted by molar-refractivity contribution is -0.117. The number of nitrogens with zero attached hydrogens (tertiary/aromatic N) is 3. The van der Waals surface area contributed by atoms with Gasteiger partial charge in [-0.2, -0.15) is 18.3 Å². The Hall–Kier alpha value is -1.91. The Kier molecular flexibility index (Phi) is 4.96. The predicted octanol–water partition coefficient (Wildman–Crippen LogP) is 3.81. The number of ether oxygens (including phenoxy) is 1. The molecule has 150 valence electrons. The molecule has 2 aromatic rings. The molecule has 1 fully saturated rings. The third-order valence-electron chi connectivity index (χ3n) is 4.75. The Bertz CT molecular complexity index is 956. The lowest BCUT2D eigenvalue weighted by atomic mass is 10.1. The minimum absolute atomic E-state index is 0.0635. The van der Waals surface area contributed by atoms with Gasteiger partial charge in [-0.25, -0.2) is 0 Å². The number of rotatable bonds is 3. The van der Waals surface area contributed by atoms with Crippen molar-refractivity contribution in [1.82, 2.24) is 9.78 Å². The first kappa shape index (κ1) is 19.4. The van der Waals surface area contributed by atoms with E-state index < -0.39 is 23.2 Å². The molecule has 6 nitrogen and oxygen atoms in total. The molecule has 4 rings (SSSR count). The number of nitrogens with two attached hydrogens (primary N) is 1. The van der Waals surface area contributed by atoms with E-state index in [0.717, 1.165) is 23.1 Å². The maximum Gasteiger partial charge on any atom is 0.432 e. The van der Waals surface area contributed by atoms with Crippen LogP contribution in [0.2, 0.25) is 5.02 Å². The number of anilines is 1. The van der Waals surface area contributed by atoms with Crippen LogP contribution in [0.1, 0.15) is 18.9 Å². The number of aromatic nitrogens is 2. The second-order valence-electron chi connectivity index (χ2n) is 6.58. The van der Waals surface area contributed by atoms with Crippen molar-refractivity contribution in [3.8, 4) is 0 Å². The highest BCUT2D eigenvalue weighted by molar-refractivity contribution is 8.03. The number of fused-ring (bicyclic) bond motifs is 1. The number of allylic oxidation sites excluding steroid dienone is 1. The summed E-state index contributed by atoms with van der Waals surface area (Å²) in [6.45, 7) is 1.27. The summed E-state index contributed by atoms with van der Waals surface area (Å²) in [6, 6.07) is 3.19. The van der Waals surface area contributed by atoms with Gasteiger partial charge < -0.3 is 15.4 Å². The van der Waals surface area contributed by atoms with E-state index in [1.54, 1.807) is 10.9 Å². The molecule has 2 N–H and O–H groups in total. The molecular weight excluding hydrogens is 417 g/mol. The molecule has 1 unspecified atom stereocenters. The van der Waals surface area contributed by atoms with Crippen LogP contribution in [0.15, 0.2) is 29.4 Å². The van der Waals surface area contributed by atoms with Gasteiger partial charge in [-0.15, -0.1) is 0 Å². The first-order valence-corrected chi connectivity index (χ1v) is 9.85. The van der Waals surface area contributed by atoms with Crippen molar-refractivity contribution >= 4 is 45.9 Å². The molecule has 3 heterocycles. The fraction of sp³-hybridized carbons (Fsp3) is 0.412. The zero-order valence-corrected chi connectivity index (χ0v) is 16.0. The molecule has 2 aliphatic heterocycles. The SMILES string of the molecule is NC(=O)C1SC=C(C(F)(F)F)N1c1cc2cn(C3CCOCC3)nc2cc1Cl. The molecule has 0 saturated carbocycles. The van der Waals surface area contributed by atoms with Gasteiger partial charge in [0.2, 0.25) is 0 Å². The summed E-state index contributed by atoms with van der Waals surface area (Å²) < 4.78 is 47.6. The number of hydrogen-bond donors (Lipinski definition) is 1. The molecule has 2 aliphatic rings. The molecule has 1 aromatic heterocycles. The summed E-state index contributed by atoms with van der Waals surface area (Å²) in [7, 11) is 0. The maximum absolute atomic E-state index is 13.5. The van der Waals surface area contributed by atoms with Crippen LogP contribution < -0.4 is 10.6 Å². The zero-order chi connectivity index (χ0) is 20.1. The van der Waals surface area contributed by atoms with Gasteiger partial charge in [0.15, 0.2) is 5.37 Å². The predicted molar refractivity (Wildman–Crippen MR) is 101 cm³/mol. The van der Waals surface area contributed by atoms with Crippen LogP contribution in [0.4, 0.5) is 18.9 Å². The molecule has 11 heteroatoms. The number of benzene rings is 1. The van der Waals surface area contributed by atoms with E-state index in [2.05, 4.69) is 5.10 Å². The Labute approximate surface area is 167 Å². The Morgan fingerprint density at radius 2 is 2.04 bits per heavy atom. The number of alkyl halides is 3. The molecule has 1 amide bonds. The van der Waals surface area contributed by atoms with Crippen LogP contribution in [0.5, 0.6) is 0 Å². The van der Waals surface area contributed by atoms with Crippen molar-refractivity contribution in [2.75, 3.05) is 18.1 Å². The minimum atomic E-state index is -4.65. The van der Waals surface area contributed by atoms with Crippen molar-refractivity contribution < 1.29 is 22.7 Å². The lowest BCUT2D eigenvalue weighted by Gasteiger charge is -2.28. The summed E-state index contributed by atoms with van der Waals surface area (Å²) in [6.07, 6.45) is -1.25. The normalized spacial score (nSPS) is 21.4. The molecule has 28 heavy (non-hydrogen) atoms. The quantitative estimate of drug-likeness (QED) is 0.798. The Morgan fingerprint density at radius 3 is 2.68 bits per heavy atom. The van der Waals surface area contributed by atoms with Crippen molar-refractivity contribution in [2.24, 2.45) is 5.73 Å². The summed E-state index contributed by atoms with van der Waals surface area (Å²) in [4.78, 5) is 12.6. The average Bonchev–Trinajstić information content (AvgIpc) is 3.25. The zero-order valence-electron chi connectivity index (χ0n) is 14.4. The van der Waals surface area contributed by atoms with Crippen LogP contribution in [0.25, 0.3) is 10.9 Å². The van der Waals surface area contributed by atoms with Gasteiger partial charge >= 0.3 is 6.18 Å². The van der Waals surface area contributed by atoms with E-state index in [0.29, 0.717) is 35.9 Å². The first-order chi connectivity index (χ1) is 13.3. The number of halogens is 4.